The van der Waals surface area contributed by atoms with Crippen LogP contribution in [0.2, 0.25) is 0 Å². The Balaban J connectivity index is 1.86. The monoisotopic (exact) mass is 311 g/mol. The van der Waals surface area contributed by atoms with Gasteiger partial charge in [-0.05, 0) is 49.2 Å². The lowest BCUT2D eigenvalue weighted by Crippen LogP contribution is -2.25. The number of hydrogen-bond acceptors (Lipinski definition) is 3. The fourth-order valence-corrected chi connectivity index (χ4v) is 2.77. The number of anilines is 1. The summed E-state index contributed by atoms with van der Waals surface area (Å²) < 4.78 is 0. The van der Waals surface area contributed by atoms with Gasteiger partial charge in [-0.15, -0.1) is 0 Å². The second-order valence-corrected chi connectivity index (χ2v) is 5.94. The molecule has 0 unspecified atom stereocenters. The van der Waals surface area contributed by atoms with Gasteiger partial charge in [-0.3, -0.25) is 4.90 Å². The summed E-state index contributed by atoms with van der Waals surface area (Å²) in [5, 5.41) is 0. The van der Waals surface area contributed by atoms with Crippen molar-refractivity contribution in [1.82, 2.24) is 10.3 Å². The molecule has 2 rings (SSSR count). The van der Waals surface area contributed by atoms with Crippen LogP contribution in [0, 0.1) is 0 Å². The van der Waals surface area contributed by atoms with E-state index in [-0.39, 0.29) is 0 Å². The zero-order valence-electron chi connectivity index (χ0n) is 14.4. The zero-order valence-corrected chi connectivity index (χ0v) is 14.4. The van der Waals surface area contributed by atoms with Crippen LogP contribution < -0.4 is 10.9 Å². The molecule has 0 aromatic heterocycles. The minimum Gasteiger partial charge on any atom is -0.321 e. The van der Waals surface area contributed by atoms with Crippen molar-refractivity contribution in [2.75, 3.05) is 18.5 Å². The molecule has 2 N–H and O–H groups in total. The van der Waals surface area contributed by atoms with E-state index < -0.39 is 0 Å². The molecule has 0 saturated carbocycles. The highest BCUT2D eigenvalue weighted by molar-refractivity contribution is 5.41. The average Bonchev–Trinajstić information content (AvgIpc) is 2.57. The first-order valence-corrected chi connectivity index (χ1v) is 8.66. The van der Waals surface area contributed by atoms with Gasteiger partial charge in [0.2, 0.25) is 0 Å². The van der Waals surface area contributed by atoms with Crippen LogP contribution in [0.4, 0.5) is 5.69 Å². The Kier molecular flexibility index (Phi) is 7.64. The smallest absolute Gasteiger partial charge is 0.0487 e. The lowest BCUT2D eigenvalue weighted by atomic mass is 10.1. The summed E-state index contributed by atoms with van der Waals surface area (Å²) >= 11 is 0. The van der Waals surface area contributed by atoms with Crippen molar-refractivity contribution in [3.63, 3.8) is 0 Å². The van der Waals surface area contributed by atoms with E-state index in [2.05, 4.69) is 66.0 Å². The van der Waals surface area contributed by atoms with E-state index >= 15 is 0 Å². The minimum absolute atomic E-state index is 0.810. The van der Waals surface area contributed by atoms with Crippen molar-refractivity contribution >= 4 is 5.69 Å². The lowest BCUT2D eigenvalue weighted by Gasteiger charge is -2.21. The fraction of sp³-hybridized carbons (Fsp3) is 0.400. The molecule has 0 atom stereocenters. The van der Waals surface area contributed by atoms with Crippen molar-refractivity contribution in [3.05, 3.63) is 65.7 Å². The largest absolute Gasteiger partial charge is 0.321 e. The Bertz CT molecular complexity index is 548. The highest BCUT2D eigenvalue weighted by Gasteiger charge is 2.04. The number of rotatable bonds is 10. The number of hydrazine groups is 1. The van der Waals surface area contributed by atoms with Crippen LogP contribution in [0.5, 0.6) is 0 Å². The third-order valence-corrected chi connectivity index (χ3v) is 3.78. The van der Waals surface area contributed by atoms with Gasteiger partial charge in [-0.2, -0.15) is 0 Å². The molecule has 0 heterocycles. The molecule has 0 fully saturated rings. The van der Waals surface area contributed by atoms with E-state index in [0.29, 0.717) is 0 Å². The van der Waals surface area contributed by atoms with Gasteiger partial charge in [0.1, 0.15) is 0 Å². The molecule has 0 aliphatic rings. The quantitative estimate of drug-likeness (QED) is 0.636. The summed E-state index contributed by atoms with van der Waals surface area (Å²) in [7, 11) is 0. The summed E-state index contributed by atoms with van der Waals surface area (Å²) in [4.78, 5) is 2.54. The van der Waals surface area contributed by atoms with Gasteiger partial charge in [0, 0.05) is 18.8 Å². The minimum atomic E-state index is 0.810. The van der Waals surface area contributed by atoms with Crippen LogP contribution in [0.3, 0.4) is 0 Å². The number of nitrogens with zero attached hydrogens (tertiary/aromatic N) is 1. The topological polar surface area (TPSA) is 27.3 Å². The van der Waals surface area contributed by atoms with E-state index in [9.17, 15) is 0 Å². The maximum Gasteiger partial charge on any atom is 0.0487 e. The van der Waals surface area contributed by atoms with Crippen molar-refractivity contribution in [2.45, 2.75) is 39.8 Å². The van der Waals surface area contributed by atoms with Gasteiger partial charge in [0.25, 0.3) is 0 Å². The standard InChI is InChI=1S/C20H29N3/c1-3-13-23(14-4-2)17-19-10-8-9-18(15-19)16-21-22-20-11-6-5-7-12-20/h5-12,15,21-22H,3-4,13-14,16-17H2,1-2H3. The molecule has 0 radical (unpaired) electrons. The second-order valence-electron chi connectivity index (χ2n) is 5.94. The molecule has 3 heteroatoms. The molecule has 0 amide bonds. The summed E-state index contributed by atoms with van der Waals surface area (Å²) in [6.45, 7) is 8.69. The van der Waals surface area contributed by atoms with Crippen molar-refractivity contribution in [2.24, 2.45) is 0 Å². The molecule has 0 saturated heterocycles. The molecule has 0 spiro atoms. The number of benzene rings is 2. The number of hydrogen-bond donors (Lipinski definition) is 2. The Hall–Kier alpha value is -1.84. The second kappa shape index (κ2) is 10.0. The number of para-hydroxylation sites is 1. The van der Waals surface area contributed by atoms with Crippen LogP contribution >= 0.6 is 0 Å². The fourth-order valence-electron chi connectivity index (χ4n) is 2.77. The van der Waals surface area contributed by atoms with Crippen molar-refractivity contribution in [3.8, 4) is 0 Å². The van der Waals surface area contributed by atoms with Crippen LogP contribution in [0.25, 0.3) is 0 Å². The number of nitrogens with one attached hydrogen (secondary N) is 2. The maximum absolute atomic E-state index is 3.29. The van der Waals surface area contributed by atoms with Crippen molar-refractivity contribution in [1.29, 1.82) is 0 Å². The first kappa shape index (κ1) is 17.5. The van der Waals surface area contributed by atoms with Gasteiger partial charge >= 0.3 is 0 Å². The first-order chi connectivity index (χ1) is 11.3. The lowest BCUT2D eigenvalue weighted by molar-refractivity contribution is 0.266. The van der Waals surface area contributed by atoms with E-state index in [0.717, 1.165) is 18.8 Å². The van der Waals surface area contributed by atoms with Crippen LogP contribution in [-0.2, 0) is 13.1 Å². The Morgan fingerprint density at radius 3 is 2.22 bits per heavy atom. The highest BCUT2D eigenvalue weighted by Crippen LogP contribution is 2.10. The molecule has 2 aromatic rings. The van der Waals surface area contributed by atoms with Crippen LogP contribution in [0.15, 0.2) is 54.6 Å². The van der Waals surface area contributed by atoms with E-state index in [1.165, 1.54) is 37.1 Å². The summed E-state index contributed by atoms with van der Waals surface area (Å²) in [5.74, 6) is 0. The Morgan fingerprint density at radius 2 is 1.52 bits per heavy atom. The van der Waals surface area contributed by atoms with Crippen molar-refractivity contribution < 1.29 is 0 Å². The average molecular weight is 311 g/mol. The SMILES string of the molecule is CCCN(CCC)Cc1cccc(CNNc2ccccc2)c1. The Labute approximate surface area is 140 Å². The molecule has 2 aromatic carbocycles. The van der Waals surface area contributed by atoms with Crippen LogP contribution in [0.1, 0.15) is 37.8 Å². The molecule has 0 bridgehead atoms. The molecular formula is C20H29N3. The van der Waals surface area contributed by atoms with Gasteiger partial charge in [-0.1, -0.05) is 56.3 Å². The molecule has 124 valence electrons. The van der Waals surface area contributed by atoms with Gasteiger partial charge in [0.05, 0.1) is 0 Å². The summed E-state index contributed by atoms with van der Waals surface area (Å²) in [6.07, 6.45) is 2.42. The van der Waals surface area contributed by atoms with E-state index in [4.69, 9.17) is 0 Å². The first-order valence-electron chi connectivity index (χ1n) is 8.66. The molecule has 3 nitrogen and oxygen atoms in total. The van der Waals surface area contributed by atoms with E-state index in [1.807, 2.05) is 18.2 Å². The van der Waals surface area contributed by atoms with Gasteiger partial charge in [-0.25, -0.2) is 5.43 Å². The summed E-state index contributed by atoms with van der Waals surface area (Å²) in [6, 6.07) is 19.0. The predicted molar refractivity (Wildman–Crippen MR) is 99.2 cm³/mol. The molecule has 23 heavy (non-hydrogen) atoms. The van der Waals surface area contributed by atoms with E-state index in [1.54, 1.807) is 0 Å². The van der Waals surface area contributed by atoms with Gasteiger partial charge in [0.15, 0.2) is 0 Å². The summed E-state index contributed by atoms with van der Waals surface area (Å²) in [5.41, 5.74) is 10.3. The zero-order chi connectivity index (χ0) is 16.3. The predicted octanol–water partition coefficient (Wildman–Crippen LogP) is 4.43. The molecular weight excluding hydrogens is 282 g/mol. The third-order valence-electron chi connectivity index (χ3n) is 3.78. The third kappa shape index (κ3) is 6.43. The van der Waals surface area contributed by atoms with Crippen LogP contribution in [-0.4, -0.2) is 18.0 Å². The van der Waals surface area contributed by atoms with Gasteiger partial charge < -0.3 is 5.43 Å². The Morgan fingerprint density at radius 1 is 0.826 bits per heavy atom. The molecule has 0 aliphatic carbocycles. The molecule has 0 aliphatic heterocycles. The maximum atomic E-state index is 3.29. The normalized spacial score (nSPS) is 10.9. The highest BCUT2D eigenvalue weighted by atomic mass is 15.3.